The van der Waals surface area contributed by atoms with E-state index in [1.165, 1.54) is 0 Å². The Kier molecular flexibility index (Phi) is 5.24. The molecule has 2 rings (SSSR count). The van der Waals surface area contributed by atoms with E-state index in [0.717, 1.165) is 5.56 Å². The summed E-state index contributed by atoms with van der Waals surface area (Å²) < 4.78 is 5.72. The maximum absolute atomic E-state index is 13.1. The van der Waals surface area contributed by atoms with Gasteiger partial charge in [0, 0.05) is 0 Å². The predicted molar refractivity (Wildman–Crippen MR) is 93.4 cm³/mol. The minimum absolute atomic E-state index is 0.0182. The van der Waals surface area contributed by atoms with Crippen molar-refractivity contribution < 1.29 is 9.53 Å². The van der Waals surface area contributed by atoms with Gasteiger partial charge in [-0.15, -0.1) is 6.58 Å². The molecule has 0 saturated carbocycles. The molecular formula is C19H26N2O2. The van der Waals surface area contributed by atoms with Gasteiger partial charge < -0.3 is 9.64 Å². The Balaban J connectivity index is 2.44. The molecule has 0 aliphatic carbocycles. The van der Waals surface area contributed by atoms with E-state index in [9.17, 15) is 4.79 Å². The molecule has 1 amide bonds. The first-order chi connectivity index (χ1) is 10.9. The van der Waals surface area contributed by atoms with Gasteiger partial charge in [-0.05, 0) is 39.7 Å². The van der Waals surface area contributed by atoms with Crippen LogP contribution in [-0.2, 0) is 9.53 Å². The van der Waals surface area contributed by atoms with E-state index in [1.807, 2.05) is 62.9 Å². The fourth-order valence-corrected chi connectivity index (χ4v) is 3.08. The van der Waals surface area contributed by atoms with Crippen LogP contribution in [0, 0.1) is 0 Å². The lowest BCUT2D eigenvalue weighted by molar-refractivity contribution is -0.141. The highest BCUT2D eigenvalue weighted by molar-refractivity contribution is 5.98. The van der Waals surface area contributed by atoms with Gasteiger partial charge in [-0.3, -0.25) is 4.79 Å². The monoisotopic (exact) mass is 314 g/mol. The number of carbonyl (C=O) groups is 1. The van der Waals surface area contributed by atoms with Gasteiger partial charge >= 0.3 is 0 Å². The molecule has 1 aromatic rings. The second kappa shape index (κ2) is 6.99. The average molecular weight is 314 g/mol. The summed E-state index contributed by atoms with van der Waals surface area (Å²) in [4.78, 5) is 19.6. The third-order valence-electron chi connectivity index (χ3n) is 4.36. The number of nitrogens with zero attached hydrogens (tertiary/aromatic N) is 2. The van der Waals surface area contributed by atoms with Crippen molar-refractivity contribution in [3.8, 4) is 0 Å². The molecule has 3 atom stereocenters. The molecule has 0 spiro atoms. The number of rotatable bonds is 5. The van der Waals surface area contributed by atoms with Gasteiger partial charge in [0.25, 0.3) is 5.91 Å². The van der Waals surface area contributed by atoms with Crippen LogP contribution in [0.5, 0.6) is 0 Å². The number of aliphatic imine (C=N–C) groups is 1. The molecule has 0 saturated heterocycles. The van der Waals surface area contributed by atoms with E-state index >= 15 is 0 Å². The van der Waals surface area contributed by atoms with Crippen molar-refractivity contribution in [2.45, 2.75) is 51.7 Å². The van der Waals surface area contributed by atoms with E-state index in [4.69, 9.17) is 4.74 Å². The maximum Gasteiger partial charge on any atom is 0.251 e. The van der Waals surface area contributed by atoms with Gasteiger partial charge in [-0.2, -0.15) is 0 Å². The van der Waals surface area contributed by atoms with E-state index in [2.05, 4.69) is 11.6 Å². The number of amides is 1. The first-order valence-corrected chi connectivity index (χ1v) is 8.15. The third kappa shape index (κ3) is 3.31. The Morgan fingerprint density at radius 3 is 2.65 bits per heavy atom. The summed E-state index contributed by atoms with van der Waals surface area (Å²) in [6.07, 6.45) is 2.24. The van der Waals surface area contributed by atoms with E-state index in [1.54, 1.807) is 6.08 Å². The van der Waals surface area contributed by atoms with Crippen LogP contribution in [0.2, 0.25) is 0 Å². The van der Waals surface area contributed by atoms with Gasteiger partial charge in [0.1, 0.15) is 11.6 Å². The molecule has 1 aliphatic heterocycles. The van der Waals surface area contributed by atoms with Crippen LogP contribution in [0.15, 0.2) is 48.0 Å². The number of benzene rings is 1. The molecule has 4 nitrogen and oxygen atoms in total. The van der Waals surface area contributed by atoms with E-state index in [-0.39, 0.29) is 18.0 Å². The topological polar surface area (TPSA) is 41.9 Å². The first kappa shape index (κ1) is 17.3. The number of hydrogen-bond donors (Lipinski definition) is 0. The summed E-state index contributed by atoms with van der Waals surface area (Å²) in [5.74, 6) is 0.643. The molecule has 0 radical (unpaired) electrons. The van der Waals surface area contributed by atoms with Crippen molar-refractivity contribution in [2.24, 2.45) is 4.99 Å². The summed E-state index contributed by atoms with van der Waals surface area (Å²) in [5.41, 5.74) is 0.258. The van der Waals surface area contributed by atoms with Gasteiger partial charge in [0.2, 0.25) is 5.90 Å². The molecule has 1 aromatic carbocycles. The highest BCUT2D eigenvalue weighted by Crippen LogP contribution is 2.33. The molecule has 0 fully saturated rings. The van der Waals surface area contributed by atoms with Crippen LogP contribution < -0.4 is 0 Å². The Morgan fingerprint density at radius 1 is 1.43 bits per heavy atom. The van der Waals surface area contributed by atoms with Crippen molar-refractivity contribution >= 4 is 11.8 Å². The zero-order valence-electron chi connectivity index (χ0n) is 14.5. The molecule has 4 heteroatoms. The van der Waals surface area contributed by atoms with Crippen molar-refractivity contribution in [3.63, 3.8) is 0 Å². The SMILES string of the molecule is C=CC[C@]1(C)N=C(OCC)[C@@H](C)N([C@@H](C)c2ccccc2)C1=O. The van der Waals surface area contributed by atoms with Crippen molar-refractivity contribution in [3.05, 3.63) is 48.6 Å². The zero-order valence-corrected chi connectivity index (χ0v) is 14.5. The van der Waals surface area contributed by atoms with Gasteiger partial charge in [0.05, 0.1) is 12.6 Å². The molecule has 124 valence electrons. The highest BCUT2D eigenvalue weighted by Gasteiger charge is 2.45. The van der Waals surface area contributed by atoms with Crippen LogP contribution in [0.3, 0.4) is 0 Å². The molecule has 0 bridgehead atoms. The second-order valence-corrected chi connectivity index (χ2v) is 6.12. The Labute approximate surface area is 138 Å². The molecule has 0 aromatic heterocycles. The van der Waals surface area contributed by atoms with Crippen LogP contribution in [0.1, 0.15) is 45.7 Å². The average Bonchev–Trinajstić information content (AvgIpc) is 2.54. The standard InChI is InChI=1S/C19H26N2O2/c1-6-13-19(5)18(22)21(15(4)17(20-19)23-7-2)14(3)16-11-9-8-10-12-16/h6,8-12,14-15H,1,7,13H2,2-5H3/t14-,15+,19-/m0/s1. The quantitative estimate of drug-likeness (QED) is 0.777. The van der Waals surface area contributed by atoms with Crippen LogP contribution in [0.25, 0.3) is 0 Å². The van der Waals surface area contributed by atoms with Gasteiger partial charge in [-0.25, -0.2) is 4.99 Å². The largest absolute Gasteiger partial charge is 0.480 e. The van der Waals surface area contributed by atoms with Crippen LogP contribution in [-0.4, -0.2) is 34.9 Å². The Morgan fingerprint density at radius 2 is 2.09 bits per heavy atom. The number of carbonyl (C=O) groups excluding carboxylic acids is 1. The lowest BCUT2D eigenvalue weighted by Crippen LogP contribution is -2.57. The van der Waals surface area contributed by atoms with Gasteiger partial charge in [0.15, 0.2) is 0 Å². The fourth-order valence-electron chi connectivity index (χ4n) is 3.08. The van der Waals surface area contributed by atoms with Crippen molar-refractivity contribution in [1.82, 2.24) is 4.90 Å². The molecule has 23 heavy (non-hydrogen) atoms. The number of hydrogen-bond acceptors (Lipinski definition) is 3. The zero-order chi connectivity index (χ0) is 17.0. The second-order valence-electron chi connectivity index (χ2n) is 6.12. The minimum atomic E-state index is -0.845. The molecule has 0 unspecified atom stereocenters. The van der Waals surface area contributed by atoms with E-state index < -0.39 is 5.54 Å². The lowest BCUT2D eigenvalue weighted by Gasteiger charge is -2.43. The summed E-state index contributed by atoms with van der Waals surface area (Å²) in [7, 11) is 0. The molecule has 1 heterocycles. The van der Waals surface area contributed by atoms with Crippen molar-refractivity contribution in [2.75, 3.05) is 6.61 Å². The maximum atomic E-state index is 13.1. The molecular weight excluding hydrogens is 288 g/mol. The smallest absolute Gasteiger partial charge is 0.251 e. The van der Waals surface area contributed by atoms with Crippen LogP contribution in [0.4, 0.5) is 0 Å². The molecule has 0 N–H and O–H groups in total. The highest BCUT2D eigenvalue weighted by atomic mass is 16.5. The van der Waals surface area contributed by atoms with Crippen molar-refractivity contribution in [1.29, 1.82) is 0 Å². The Bertz CT molecular complexity index is 597. The summed E-state index contributed by atoms with van der Waals surface area (Å²) in [5, 5.41) is 0. The summed E-state index contributed by atoms with van der Waals surface area (Å²) >= 11 is 0. The Hall–Kier alpha value is -2.10. The lowest BCUT2D eigenvalue weighted by atomic mass is 9.91. The van der Waals surface area contributed by atoms with E-state index in [0.29, 0.717) is 18.9 Å². The number of ether oxygens (including phenoxy) is 1. The van der Waals surface area contributed by atoms with Gasteiger partial charge in [-0.1, -0.05) is 36.4 Å². The fraction of sp³-hybridized carbons (Fsp3) is 0.474. The third-order valence-corrected chi connectivity index (χ3v) is 4.36. The minimum Gasteiger partial charge on any atom is -0.480 e. The normalized spacial score (nSPS) is 25.7. The van der Waals surface area contributed by atoms with Crippen LogP contribution >= 0.6 is 0 Å². The summed E-state index contributed by atoms with van der Waals surface area (Å²) in [6.45, 7) is 12.1. The predicted octanol–water partition coefficient (Wildman–Crippen LogP) is 3.75. The molecule has 1 aliphatic rings. The summed E-state index contributed by atoms with van der Waals surface area (Å²) in [6, 6.07) is 9.82. The first-order valence-electron chi connectivity index (χ1n) is 8.15.